The summed E-state index contributed by atoms with van der Waals surface area (Å²) in [6, 6.07) is 11.3. The van der Waals surface area contributed by atoms with Crippen LogP contribution in [0.4, 0.5) is 0 Å². The predicted molar refractivity (Wildman–Crippen MR) is 171 cm³/mol. The molecule has 3 rings (SSSR count). The molecule has 0 radical (unpaired) electrons. The third kappa shape index (κ3) is 9.09. The molecule has 252 valence electrons. The number of hydrogen-bond donors (Lipinski definition) is 5. The van der Waals surface area contributed by atoms with E-state index >= 15 is 0 Å². The highest BCUT2D eigenvalue weighted by Gasteiger charge is 2.56. The van der Waals surface area contributed by atoms with Crippen LogP contribution < -0.4 is 11.1 Å². The standard InChI is InChI=1S/C33H47N5O8/c1-7-8-16-44-32(4,5)31(42)38-29(36-19-34)22-14-15-24(37-22)33(6)28(40)27(45-30(41)26(35)20(2)3)23(46-33)18-43-25(39)17-21-12-10-9-11-13-21/h9-15,19-20,23,26-28,37,40H,7-8,16-18,35H2,1-6H3,(H2,34,36,38,42)/t23-,26-,27-,28-,33+/m1/s1. The van der Waals surface area contributed by atoms with Gasteiger partial charge in [-0.05, 0) is 50.8 Å². The number of rotatable bonds is 15. The molecular weight excluding hydrogens is 594 g/mol. The van der Waals surface area contributed by atoms with Gasteiger partial charge in [-0.15, -0.1) is 0 Å². The molecular formula is C33H47N5O8. The Bertz CT molecular complexity index is 1380. The number of aliphatic imine (C=N–C) groups is 1. The number of amides is 1. The molecule has 0 unspecified atom stereocenters. The number of esters is 2. The number of H-pyrrole nitrogens is 1. The smallest absolute Gasteiger partial charge is 0.323 e. The molecule has 6 N–H and O–H groups in total. The molecule has 1 aliphatic heterocycles. The summed E-state index contributed by atoms with van der Waals surface area (Å²) in [6.07, 6.45) is -1.15. The van der Waals surface area contributed by atoms with Crippen molar-refractivity contribution in [1.82, 2.24) is 10.3 Å². The number of aromatic nitrogens is 1. The van der Waals surface area contributed by atoms with E-state index in [9.17, 15) is 19.5 Å². The minimum absolute atomic E-state index is 0.0251. The molecule has 0 saturated carbocycles. The number of ether oxygens (including phenoxy) is 4. The molecule has 1 aliphatic rings. The van der Waals surface area contributed by atoms with E-state index in [0.717, 1.165) is 24.7 Å². The van der Waals surface area contributed by atoms with E-state index in [1.807, 2.05) is 25.1 Å². The van der Waals surface area contributed by atoms with Gasteiger partial charge in [0.15, 0.2) is 11.9 Å². The minimum atomic E-state index is -1.48. The first-order chi connectivity index (χ1) is 21.7. The maximum absolute atomic E-state index is 13.1. The fraction of sp³-hybridized carbons (Fsp3) is 0.545. The summed E-state index contributed by atoms with van der Waals surface area (Å²) in [5.41, 5.74) is 4.81. The van der Waals surface area contributed by atoms with Crippen LogP contribution in [0.15, 0.2) is 47.5 Å². The van der Waals surface area contributed by atoms with E-state index in [4.69, 9.17) is 30.1 Å². The number of nitrogens with zero attached hydrogens (tertiary/aromatic N) is 1. The fourth-order valence-electron chi connectivity index (χ4n) is 4.79. The lowest BCUT2D eigenvalue weighted by molar-refractivity contribution is -0.162. The lowest BCUT2D eigenvalue weighted by Gasteiger charge is -2.28. The summed E-state index contributed by atoms with van der Waals surface area (Å²) in [4.78, 5) is 45.7. The second kappa shape index (κ2) is 16.1. The van der Waals surface area contributed by atoms with Gasteiger partial charge in [0.1, 0.15) is 42.4 Å². The van der Waals surface area contributed by atoms with E-state index in [0.29, 0.717) is 18.0 Å². The van der Waals surface area contributed by atoms with Gasteiger partial charge in [0.2, 0.25) is 0 Å². The average Bonchev–Trinajstić information content (AvgIpc) is 3.60. The van der Waals surface area contributed by atoms with E-state index < -0.39 is 53.4 Å². The fourth-order valence-corrected chi connectivity index (χ4v) is 4.79. The lowest BCUT2D eigenvalue weighted by Crippen LogP contribution is -2.47. The van der Waals surface area contributed by atoms with Gasteiger partial charge in [-0.3, -0.25) is 19.8 Å². The average molecular weight is 642 g/mol. The van der Waals surface area contributed by atoms with Gasteiger partial charge >= 0.3 is 11.9 Å². The third-order valence-electron chi connectivity index (χ3n) is 7.89. The Balaban J connectivity index is 1.83. The van der Waals surface area contributed by atoms with E-state index in [1.54, 1.807) is 58.9 Å². The number of unbranched alkanes of at least 4 members (excludes halogenated alkanes) is 1. The highest BCUT2D eigenvalue weighted by atomic mass is 16.6. The van der Waals surface area contributed by atoms with Gasteiger partial charge in [0.05, 0.1) is 17.8 Å². The van der Waals surface area contributed by atoms with Crippen LogP contribution in [-0.4, -0.2) is 83.3 Å². The Hall–Kier alpha value is -3.91. The van der Waals surface area contributed by atoms with Crippen LogP contribution in [0.25, 0.3) is 0 Å². The number of aromatic amines is 1. The van der Waals surface area contributed by atoms with Crippen LogP contribution in [0.3, 0.4) is 0 Å². The number of amidine groups is 1. The Morgan fingerprint density at radius 2 is 1.91 bits per heavy atom. The van der Waals surface area contributed by atoms with Crippen molar-refractivity contribution >= 4 is 30.0 Å². The number of aliphatic hydroxyl groups excluding tert-OH is 1. The molecule has 46 heavy (non-hydrogen) atoms. The second-order valence-corrected chi connectivity index (χ2v) is 12.3. The molecule has 13 nitrogen and oxygen atoms in total. The third-order valence-corrected chi connectivity index (χ3v) is 7.89. The predicted octanol–water partition coefficient (Wildman–Crippen LogP) is 2.74. The van der Waals surface area contributed by atoms with Gasteiger partial charge in [-0.2, -0.15) is 0 Å². The Morgan fingerprint density at radius 1 is 1.22 bits per heavy atom. The summed E-state index contributed by atoms with van der Waals surface area (Å²) in [5.74, 6) is -1.89. The van der Waals surface area contributed by atoms with Gasteiger partial charge in [0, 0.05) is 6.61 Å². The first kappa shape index (κ1) is 36.6. The van der Waals surface area contributed by atoms with Crippen molar-refractivity contribution < 1.29 is 38.4 Å². The largest absolute Gasteiger partial charge is 0.463 e. The van der Waals surface area contributed by atoms with Gasteiger partial charge < -0.3 is 40.1 Å². The molecule has 2 aromatic rings. The number of carbonyl (C=O) groups is 3. The van der Waals surface area contributed by atoms with Crippen LogP contribution in [0, 0.1) is 11.3 Å². The zero-order valence-corrected chi connectivity index (χ0v) is 27.4. The number of hydrogen-bond acceptors (Lipinski definition) is 10. The molecule has 0 aliphatic carbocycles. The van der Waals surface area contributed by atoms with Gasteiger partial charge in [-0.25, -0.2) is 4.99 Å². The monoisotopic (exact) mass is 641 g/mol. The van der Waals surface area contributed by atoms with Crippen molar-refractivity contribution in [2.24, 2.45) is 16.6 Å². The number of benzene rings is 1. The van der Waals surface area contributed by atoms with Crippen molar-refractivity contribution in [3.8, 4) is 0 Å². The molecule has 1 saturated heterocycles. The molecule has 5 atom stereocenters. The molecule has 0 bridgehead atoms. The second-order valence-electron chi connectivity index (χ2n) is 12.3. The molecule has 0 spiro atoms. The summed E-state index contributed by atoms with van der Waals surface area (Å²) >= 11 is 0. The summed E-state index contributed by atoms with van der Waals surface area (Å²) < 4.78 is 23.2. The zero-order valence-electron chi connectivity index (χ0n) is 27.4. The first-order valence-electron chi connectivity index (χ1n) is 15.5. The maximum atomic E-state index is 13.1. The highest BCUT2D eigenvalue weighted by molar-refractivity contribution is 6.10. The van der Waals surface area contributed by atoms with Gasteiger partial charge in [0.25, 0.3) is 5.91 Å². The van der Waals surface area contributed by atoms with Crippen LogP contribution in [0.5, 0.6) is 0 Å². The molecule has 1 aromatic heterocycles. The van der Waals surface area contributed by atoms with Crippen LogP contribution in [0.2, 0.25) is 0 Å². The maximum Gasteiger partial charge on any atom is 0.323 e. The van der Waals surface area contributed by atoms with Gasteiger partial charge in [-0.1, -0.05) is 57.5 Å². The summed E-state index contributed by atoms with van der Waals surface area (Å²) in [7, 11) is 0. The zero-order chi connectivity index (χ0) is 34.1. The SMILES string of the molecule is CCCCOC(C)(C)C(=O)N/C(=N/C=N)c1ccc([C@]2(C)O[C@H](COC(=O)Cc3ccccc3)[C@@H](OC(=O)[C@H](N)C(C)C)[C@H]2O)[nH]1. The van der Waals surface area contributed by atoms with Crippen LogP contribution >= 0.6 is 0 Å². The first-order valence-corrected chi connectivity index (χ1v) is 15.5. The number of carbonyl (C=O) groups excluding carboxylic acids is 3. The topological polar surface area (TPSA) is 198 Å². The van der Waals surface area contributed by atoms with Crippen molar-refractivity contribution in [1.29, 1.82) is 5.41 Å². The van der Waals surface area contributed by atoms with Crippen molar-refractivity contribution in [3.63, 3.8) is 0 Å². The molecule has 13 heteroatoms. The molecule has 1 aromatic carbocycles. The van der Waals surface area contributed by atoms with Crippen LogP contribution in [-0.2, 0) is 45.4 Å². The Labute approximate surface area is 269 Å². The number of aliphatic hydroxyl groups is 1. The minimum Gasteiger partial charge on any atom is -0.463 e. The number of nitrogens with two attached hydrogens (primary N) is 1. The van der Waals surface area contributed by atoms with Crippen molar-refractivity contribution in [3.05, 3.63) is 59.4 Å². The molecule has 1 amide bonds. The van der Waals surface area contributed by atoms with E-state index in [2.05, 4.69) is 15.3 Å². The molecule has 2 heterocycles. The summed E-state index contributed by atoms with van der Waals surface area (Å²) in [6.45, 7) is 10.5. The highest BCUT2D eigenvalue weighted by Crippen LogP contribution is 2.41. The van der Waals surface area contributed by atoms with Crippen LogP contribution in [0.1, 0.15) is 71.3 Å². The quantitative estimate of drug-likeness (QED) is 0.0840. The van der Waals surface area contributed by atoms with Crippen molar-refractivity contribution in [2.45, 2.75) is 96.4 Å². The Morgan fingerprint density at radius 3 is 2.54 bits per heavy atom. The molecule has 1 fully saturated rings. The van der Waals surface area contributed by atoms with E-state index in [-0.39, 0.29) is 24.8 Å². The number of nitrogens with one attached hydrogen (secondary N) is 3. The lowest BCUT2D eigenvalue weighted by atomic mass is 9.93. The summed E-state index contributed by atoms with van der Waals surface area (Å²) in [5, 5.41) is 21.8. The van der Waals surface area contributed by atoms with E-state index in [1.165, 1.54) is 0 Å². The normalized spacial score (nSPS) is 22.4. The van der Waals surface area contributed by atoms with Crippen molar-refractivity contribution in [2.75, 3.05) is 13.2 Å². The Kier molecular flexibility index (Phi) is 12.8.